The SMILES string of the molecule is CC(C)CCC(=O)c1ccc(Br)c(Cl)c1F. The monoisotopic (exact) mass is 306 g/mol. The second kappa shape index (κ2) is 5.78. The first kappa shape index (κ1) is 13.7. The van der Waals surface area contributed by atoms with E-state index in [1.807, 2.05) is 13.8 Å². The summed E-state index contributed by atoms with van der Waals surface area (Å²) in [5.41, 5.74) is 0.0776. The van der Waals surface area contributed by atoms with Crippen molar-refractivity contribution in [1.82, 2.24) is 0 Å². The first-order valence-electron chi connectivity index (χ1n) is 5.10. The van der Waals surface area contributed by atoms with E-state index in [1.165, 1.54) is 6.07 Å². The Bertz CT molecular complexity index is 404. The molecule has 0 radical (unpaired) electrons. The molecular formula is C12H13BrClFO. The minimum atomic E-state index is -0.634. The van der Waals surface area contributed by atoms with Crippen molar-refractivity contribution in [1.29, 1.82) is 0 Å². The van der Waals surface area contributed by atoms with E-state index >= 15 is 0 Å². The average molecular weight is 308 g/mol. The highest BCUT2D eigenvalue weighted by Gasteiger charge is 2.16. The lowest BCUT2D eigenvalue weighted by atomic mass is 10.0. The average Bonchev–Trinajstić information content (AvgIpc) is 2.23. The van der Waals surface area contributed by atoms with Gasteiger partial charge in [-0.25, -0.2) is 4.39 Å². The largest absolute Gasteiger partial charge is 0.294 e. The molecular weight excluding hydrogens is 294 g/mol. The number of hydrogen-bond donors (Lipinski definition) is 0. The van der Waals surface area contributed by atoms with Gasteiger partial charge in [-0.15, -0.1) is 0 Å². The molecule has 0 amide bonds. The Balaban J connectivity index is 2.88. The highest BCUT2D eigenvalue weighted by atomic mass is 79.9. The van der Waals surface area contributed by atoms with E-state index in [2.05, 4.69) is 15.9 Å². The van der Waals surface area contributed by atoms with Crippen LogP contribution in [0.15, 0.2) is 16.6 Å². The number of hydrogen-bond acceptors (Lipinski definition) is 1. The molecule has 1 rings (SSSR count). The van der Waals surface area contributed by atoms with E-state index in [-0.39, 0.29) is 16.4 Å². The molecule has 0 spiro atoms. The summed E-state index contributed by atoms with van der Waals surface area (Å²) < 4.78 is 14.1. The number of rotatable bonds is 4. The molecule has 0 atom stereocenters. The fourth-order valence-corrected chi connectivity index (χ4v) is 1.77. The van der Waals surface area contributed by atoms with E-state index in [9.17, 15) is 9.18 Å². The van der Waals surface area contributed by atoms with Crippen LogP contribution < -0.4 is 0 Å². The zero-order valence-electron chi connectivity index (χ0n) is 9.19. The molecule has 0 fully saturated rings. The smallest absolute Gasteiger partial charge is 0.165 e. The third-order valence-electron chi connectivity index (χ3n) is 2.28. The Labute approximate surface area is 108 Å². The van der Waals surface area contributed by atoms with Crippen LogP contribution in [0.25, 0.3) is 0 Å². The van der Waals surface area contributed by atoms with E-state index in [4.69, 9.17) is 11.6 Å². The lowest BCUT2D eigenvalue weighted by molar-refractivity contribution is 0.0971. The van der Waals surface area contributed by atoms with Crippen LogP contribution in [0.2, 0.25) is 5.02 Å². The van der Waals surface area contributed by atoms with Crippen molar-refractivity contribution < 1.29 is 9.18 Å². The predicted molar refractivity (Wildman–Crippen MR) is 67.5 cm³/mol. The van der Waals surface area contributed by atoms with Gasteiger partial charge in [-0.05, 0) is 40.4 Å². The highest BCUT2D eigenvalue weighted by Crippen LogP contribution is 2.28. The van der Waals surface area contributed by atoms with E-state index in [0.717, 1.165) is 6.42 Å². The number of Topliss-reactive ketones (excluding diaryl/α,β-unsaturated/α-hetero) is 1. The summed E-state index contributed by atoms with van der Waals surface area (Å²) >= 11 is 8.82. The molecule has 16 heavy (non-hydrogen) atoms. The molecule has 0 heterocycles. The van der Waals surface area contributed by atoms with Gasteiger partial charge in [0.25, 0.3) is 0 Å². The molecule has 0 saturated carbocycles. The van der Waals surface area contributed by atoms with Gasteiger partial charge in [0.2, 0.25) is 0 Å². The Morgan fingerprint density at radius 3 is 2.69 bits per heavy atom. The summed E-state index contributed by atoms with van der Waals surface area (Å²) in [6, 6.07) is 3.06. The molecule has 0 aromatic heterocycles. The number of halogens is 3. The van der Waals surface area contributed by atoms with E-state index in [1.54, 1.807) is 6.07 Å². The molecule has 0 saturated heterocycles. The maximum atomic E-state index is 13.7. The van der Waals surface area contributed by atoms with Gasteiger partial charge in [0, 0.05) is 10.9 Å². The lowest BCUT2D eigenvalue weighted by Gasteiger charge is -2.06. The van der Waals surface area contributed by atoms with Crippen molar-refractivity contribution in [2.24, 2.45) is 5.92 Å². The number of benzene rings is 1. The van der Waals surface area contributed by atoms with Crippen molar-refractivity contribution in [3.63, 3.8) is 0 Å². The van der Waals surface area contributed by atoms with Gasteiger partial charge in [0.1, 0.15) is 0 Å². The quantitative estimate of drug-likeness (QED) is 0.573. The van der Waals surface area contributed by atoms with E-state index < -0.39 is 5.82 Å². The summed E-state index contributed by atoms with van der Waals surface area (Å²) in [4.78, 5) is 11.7. The van der Waals surface area contributed by atoms with Gasteiger partial charge in [-0.1, -0.05) is 25.4 Å². The number of carbonyl (C=O) groups is 1. The molecule has 4 heteroatoms. The van der Waals surface area contributed by atoms with Gasteiger partial charge >= 0.3 is 0 Å². The number of carbonyl (C=O) groups excluding carboxylic acids is 1. The molecule has 0 N–H and O–H groups in total. The van der Waals surface area contributed by atoms with Gasteiger partial charge in [0.15, 0.2) is 11.6 Å². The molecule has 1 aromatic rings. The zero-order chi connectivity index (χ0) is 12.3. The van der Waals surface area contributed by atoms with Crippen molar-refractivity contribution >= 4 is 33.3 Å². The minimum Gasteiger partial charge on any atom is -0.294 e. The fraction of sp³-hybridized carbons (Fsp3) is 0.417. The topological polar surface area (TPSA) is 17.1 Å². The highest BCUT2D eigenvalue weighted by molar-refractivity contribution is 9.10. The second-order valence-corrected chi connectivity index (χ2v) is 5.31. The van der Waals surface area contributed by atoms with Crippen molar-refractivity contribution in [2.75, 3.05) is 0 Å². The van der Waals surface area contributed by atoms with Gasteiger partial charge in [0.05, 0.1) is 10.6 Å². The molecule has 0 unspecified atom stereocenters. The Morgan fingerprint density at radius 1 is 1.50 bits per heavy atom. The lowest BCUT2D eigenvalue weighted by Crippen LogP contribution is -2.04. The Kier molecular flexibility index (Phi) is 4.93. The van der Waals surface area contributed by atoms with Crippen molar-refractivity contribution in [2.45, 2.75) is 26.7 Å². The fourth-order valence-electron chi connectivity index (χ4n) is 1.30. The van der Waals surface area contributed by atoms with E-state index in [0.29, 0.717) is 16.8 Å². The third-order valence-corrected chi connectivity index (χ3v) is 3.54. The first-order chi connectivity index (χ1) is 7.43. The Morgan fingerprint density at radius 2 is 2.12 bits per heavy atom. The summed E-state index contributed by atoms with van der Waals surface area (Å²) in [6.45, 7) is 4.05. The van der Waals surface area contributed by atoms with Crippen molar-refractivity contribution in [3.8, 4) is 0 Å². The van der Waals surface area contributed by atoms with Crippen LogP contribution in [-0.2, 0) is 0 Å². The molecule has 0 aliphatic heterocycles. The molecule has 1 nitrogen and oxygen atoms in total. The molecule has 1 aromatic carbocycles. The summed E-state index contributed by atoms with van der Waals surface area (Å²) in [5, 5.41) is -0.0320. The summed E-state index contributed by atoms with van der Waals surface area (Å²) in [7, 11) is 0. The molecule has 88 valence electrons. The molecule has 0 aliphatic carbocycles. The maximum Gasteiger partial charge on any atom is 0.165 e. The number of ketones is 1. The Hall–Kier alpha value is -0.410. The van der Waals surface area contributed by atoms with Gasteiger partial charge in [-0.2, -0.15) is 0 Å². The van der Waals surface area contributed by atoms with Crippen LogP contribution in [0.4, 0.5) is 4.39 Å². The maximum absolute atomic E-state index is 13.7. The molecule has 0 bridgehead atoms. The van der Waals surface area contributed by atoms with Gasteiger partial charge < -0.3 is 0 Å². The van der Waals surface area contributed by atoms with Crippen LogP contribution in [-0.4, -0.2) is 5.78 Å². The van der Waals surface area contributed by atoms with Crippen LogP contribution in [0, 0.1) is 11.7 Å². The van der Waals surface area contributed by atoms with Crippen LogP contribution >= 0.6 is 27.5 Å². The van der Waals surface area contributed by atoms with Gasteiger partial charge in [-0.3, -0.25) is 4.79 Å². The summed E-state index contributed by atoms with van der Waals surface area (Å²) in [6.07, 6.45) is 1.11. The van der Waals surface area contributed by atoms with Crippen LogP contribution in [0.1, 0.15) is 37.0 Å². The summed E-state index contributed by atoms with van der Waals surface area (Å²) in [5.74, 6) is -0.400. The third kappa shape index (κ3) is 3.29. The normalized spacial score (nSPS) is 10.9. The standard InChI is InChI=1S/C12H13BrClFO/c1-7(2)3-6-10(16)8-4-5-9(13)11(14)12(8)15/h4-5,7H,3,6H2,1-2H3. The predicted octanol–water partition coefficient (Wildman–Crippen LogP) is 4.86. The van der Waals surface area contributed by atoms with Crippen LogP contribution in [0.5, 0.6) is 0 Å². The minimum absolute atomic E-state index is 0.0320. The zero-order valence-corrected chi connectivity index (χ0v) is 11.5. The van der Waals surface area contributed by atoms with Crippen LogP contribution in [0.3, 0.4) is 0 Å². The first-order valence-corrected chi connectivity index (χ1v) is 6.27. The van der Waals surface area contributed by atoms with Crippen molar-refractivity contribution in [3.05, 3.63) is 33.0 Å². The second-order valence-electron chi connectivity index (χ2n) is 4.08. The molecule has 0 aliphatic rings.